The number of rotatable bonds is 2. The maximum absolute atomic E-state index is 12.3. The number of piperazine rings is 1. The molecule has 1 amide bonds. The van der Waals surface area contributed by atoms with Crippen LogP contribution in [0.5, 0.6) is 0 Å². The Balaban J connectivity index is 1.64. The minimum Gasteiger partial charge on any atom is -0.494 e. The van der Waals surface area contributed by atoms with Crippen molar-refractivity contribution in [3.63, 3.8) is 0 Å². The van der Waals surface area contributed by atoms with Gasteiger partial charge in [0.1, 0.15) is 19.5 Å². The first-order valence-electron chi connectivity index (χ1n) is 7.40. The fourth-order valence-corrected chi connectivity index (χ4v) is 2.88. The number of aryl methyl sites for hydroxylation is 1. The second-order valence-electron chi connectivity index (χ2n) is 5.41. The van der Waals surface area contributed by atoms with Crippen molar-refractivity contribution in [3.8, 4) is 0 Å². The molecule has 1 saturated heterocycles. The Kier molecular flexibility index (Phi) is 4.43. The van der Waals surface area contributed by atoms with Crippen LogP contribution in [0.15, 0.2) is 30.2 Å². The van der Waals surface area contributed by atoms with E-state index in [9.17, 15) is 4.79 Å². The Hall–Kier alpha value is -1.88. The van der Waals surface area contributed by atoms with Gasteiger partial charge in [-0.3, -0.25) is 4.79 Å². The second-order valence-corrected chi connectivity index (χ2v) is 5.85. The monoisotopic (exact) mass is 322 g/mol. The third kappa shape index (κ3) is 3.14. The summed E-state index contributed by atoms with van der Waals surface area (Å²) in [6.07, 6.45) is 1.42. The summed E-state index contributed by atoms with van der Waals surface area (Å²) >= 11 is 6.09. The van der Waals surface area contributed by atoms with E-state index in [1.165, 1.54) is 11.8 Å². The van der Waals surface area contributed by atoms with Gasteiger partial charge in [-0.2, -0.15) is 0 Å². The van der Waals surface area contributed by atoms with Crippen molar-refractivity contribution in [1.29, 1.82) is 0 Å². The van der Waals surface area contributed by atoms with E-state index < -0.39 is 0 Å². The maximum atomic E-state index is 12.3. The number of amides is 1. The first kappa shape index (κ1) is 15.0. The Labute approximate surface area is 135 Å². The first-order valence-corrected chi connectivity index (χ1v) is 7.78. The number of hydrogen-bond donors (Lipinski definition) is 0. The topological polar surface area (TPSA) is 42.0 Å². The van der Waals surface area contributed by atoms with E-state index in [1.54, 1.807) is 4.90 Å². The molecule has 0 bridgehead atoms. The summed E-state index contributed by atoms with van der Waals surface area (Å²) in [5.74, 6) is 0.209. The molecule has 0 N–H and O–H groups in total. The molecule has 2 aliphatic heterocycles. The summed E-state index contributed by atoms with van der Waals surface area (Å²) in [4.78, 5) is 16.4. The van der Waals surface area contributed by atoms with Crippen molar-refractivity contribution in [2.24, 2.45) is 0 Å². The van der Waals surface area contributed by atoms with E-state index in [1.807, 2.05) is 18.2 Å². The number of ether oxygens (including phenoxy) is 2. The maximum Gasteiger partial charge on any atom is 0.292 e. The van der Waals surface area contributed by atoms with E-state index >= 15 is 0 Å². The third-order valence-corrected chi connectivity index (χ3v) is 4.17. The first-order chi connectivity index (χ1) is 10.6. The summed E-state index contributed by atoms with van der Waals surface area (Å²) in [5, 5.41) is 0.733. The van der Waals surface area contributed by atoms with Crippen LogP contribution in [-0.2, 0) is 14.3 Å². The zero-order valence-electron chi connectivity index (χ0n) is 12.5. The van der Waals surface area contributed by atoms with Crippen LogP contribution < -0.4 is 4.90 Å². The Morgan fingerprint density at radius 3 is 2.64 bits per heavy atom. The van der Waals surface area contributed by atoms with E-state index in [0.717, 1.165) is 23.8 Å². The fraction of sp³-hybridized carbons (Fsp3) is 0.438. The Bertz CT molecular complexity index is 595. The molecule has 1 aromatic rings. The van der Waals surface area contributed by atoms with Crippen molar-refractivity contribution in [2.45, 2.75) is 6.92 Å². The SMILES string of the molecule is Cc1ccc(Cl)cc1N1CCN(C(=O)C2=COCCO2)CC1. The summed E-state index contributed by atoms with van der Waals surface area (Å²) in [6, 6.07) is 5.90. The molecule has 118 valence electrons. The third-order valence-electron chi connectivity index (χ3n) is 3.94. The van der Waals surface area contributed by atoms with E-state index in [0.29, 0.717) is 32.1 Å². The summed E-state index contributed by atoms with van der Waals surface area (Å²) < 4.78 is 10.5. The predicted octanol–water partition coefficient (Wildman–Crippen LogP) is 2.19. The molecule has 3 rings (SSSR count). The van der Waals surface area contributed by atoms with Crippen LogP contribution in [0.3, 0.4) is 0 Å². The van der Waals surface area contributed by atoms with Crippen molar-refractivity contribution in [1.82, 2.24) is 4.90 Å². The number of carbonyl (C=O) groups is 1. The standard InChI is InChI=1S/C16H19ClN2O3/c1-12-2-3-13(17)10-14(12)18-4-6-19(7-5-18)16(20)15-11-21-8-9-22-15/h2-3,10-11H,4-9H2,1H3. The minimum absolute atomic E-state index is 0.0952. The van der Waals surface area contributed by atoms with Gasteiger partial charge < -0.3 is 19.3 Å². The largest absolute Gasteiger partial charge is 0.494 e. The number of nitrogens with zero attached hydrogens (tertiary/aromatic N) is 2. The van der Waals surface area contributed by atoms with Gasteiger partial charge >= 0.3 is 0 Å². The molecule has 5 nitrogen and oxygen atoms in total. The molecule has 1 fully saturated rings. The number of carbonyl (C=O) groups excluding carboxylic acids is 1. The van der Waals surface area contributed by atoms with Crippen LogP contribution in [-0.4, -0.2) is 50.2 Å². The molecule has 1 aromatic carbocycles. The molecule has 6 heteroatoms. The molecule has 0 unspecified atom stereocenters. The van der Waals surface area contributed by atoms with E-state index in [-0.39, 0.29) is 5.91 Å². The fourth-order valence-electron chi connectivity index (χ4n) is 2.71. The van der Waals surface area contributed by atoms with Crippen LogP contribution >= 0.6 is 11.6 Å². The molecule has 22 heavy (non-hydrogen) atoms. The van der Waals surface area contributed by atoms with E-state index in [4.69, 9.17) is 21.1 Å². The van der Waals surface area contributed by atoms with Crippen molar-refractivity contribution in [3.05, 3.63) is 40.8 Å². The van der Waals surface area contributed by atoms with Gasteiger partial charge in [-0.1, -0.05) is 17.7 Å². The minimum atomic E-state index is -0.0952. The smallest absolute Gasteiger partial charge is 0.292 e. The van der Waals surface area contributed by atoms with Gasteiger partial charge in [0.05, 0.1) is 0 Å². The van der Waals surface area contributed by atoms with Crippen molar-refractivity contribution < 1.29 is 14.3 Å². The summed E-state index contributed by atoms with van der Waals surface area (Å²) in [5.41, 5.74) is 2.33. The average molecular weight is 323 g/mol. The zero-order valence-corrected chi connectivity index (χ0v) is 13.3. The average Bonchev–Trinajstić information content (AvgIpc) is 2.57. The second kappa shape index (κ2) is 6.48. The van der Waals surface area contributed by atoms with Gasteiger partial charge in [-0.15, -0.1) is 0 Å². The molecule has 0 atom stereocenters. The zero-order chi connectivity index (χ0) is 15.5. The van der Waals surface area contributed by atoms with Crippen LogP contribution in [0.25, 0.3) is 0 Å². The predicted molar refractivity (Wildman–Crippen MR) is 85.0 cm³/mol. The lowest BCUT2D eigenvalue weighted by Gasteiger charge is -2.37. The molecular formula is C16H19ClN2O3. The highest BCUT2D eigenvalue weighted by molar-refractivity contribution is 6.30. The van der Waals surface area contributed by atoms with Crippen molar-refractivity contribution in [2.75, 3.05) is 44.3 Å². The molecule has 0 saturated carbocycles. The molecule has 0 aromatic heterocycles. The number of halogens is 1. The summed E-state index contributed by atoms with van der Waals surface area (Å²) in [6.45, 7) is 5.87. The quantitative estimate of drug-likeness (QED) is 0.837. The molecule has 0 spiro atoms. The number of benzene rings is 1. The molecular weight excluding hydrogens is 304 g/mol. The van der Waals surface area contributed by atoms with Crippen LogP contribution in [0.1, 0.15) is 5.56 Å². The lowest BCUT2D eigenvalue weighted by Crippen LogP contribution is -2.49. The van der Waals surface area contributed by atoms with Gasteiger partial charge in [0.15, 0.2) is 0 Å². The molecule has 0 aliphatic carbocycles. The normalized spacial score (nSPS) is 18.4. The van der Waals surface area contributed by atoms with Crippen LogP contribution in [0, 0.1) is 6.92 Å². The molecule has 0 radical (unpaired) electrons. The van der Waals surface area contributed by atoms with Crippen molar-refractivity contribution >= 4 is 23.2 Å². The number of hydrogen-bond acceptors (Lipinski definition) is 4. The molecule has 2 aliphatic rings. The van der Waals surface area contributed by atoms with Gasteiger partial charge in [0.25, 0.3) is 5.91 Å². The summed E-state index contributed by atoms with van der Waals surface area (Å²) in [7, 11) is 0. The van der Waals surface area contributed by atoms with Crippen LogP contribution in [0.4, 0.5) is 5.69 Å². The van der Waals surface area contributed by atoms with Gasteiger partial charge in [-0.25, -0.2) is 0 Å². The highest BCUT2D eigenvalue weighted by Crippen LogP contribution is 2.25. The lowest BCUT2D eigenvalue weighted by molar-refractivity contribution is -0.132. The molecule has 2 heterocycles. The van der Waals surface area contributed by atoms with Crippen LogP contribution in [0.2, 0.25) is 5.02 Å². The Morgan fingerprint density at radius 2 is 1.95 bits per heavy atom. The Morgan fingerprint density at radius 1 is 1.18 bits per heavy atom. The lowest BCUT2D eigenvalue weighted by atomic mass is 10.1. The highest BCUT2D eigenvalue weighted by atomic mass is 35.5. The van der Waals surface area contributed by atoms with Gasteiger partial charge in [0.2, 0.25) is 5.76 Å². The number of anilines is 1. The highest BCUT2D eigenvalue weighted by Gasteiger charge is 2.26. The van der Waals surface area contributed by atoms with Gasteiger partial charge in [-0.05, 0) is 24.6 Å². The van der Waals surface area contributed by atoms with Gasteiger partial charge in [0, 0.05) is 36.9 Å². The van der Waals surface area contributed by atoms with E-state index in [2.05, 4.69) is 11.8 Å².